The Balaban J connectivity index is 0.000000810. The average molecular weight is 184 g/mol. The van der Waals surface area contributed by atoms with Gasteiger partial charge in [0, 0.05) is 17.8 Å². The first-order valence-corrected chi connectivity index (χ1v) is 3.75. The molecule has 0 bridgehead atoms. The second-order valence-corrected chi connectivity index (χ2v) is 3.40. The standard InChI is InChI=1S/C6H13NOS.ClH/c1-7-3-6(9)2-5(7)4-8;/h5-6,8-9H,2-4H2,1H3;1H/t5-,6-;/m0./s1. The Morgan fingerprint density at radius 1 is 1.70 bits per heavy atom. The first-order valence-electron chi connectivity index (χ1n) is 3.23. The molecule has 0 aliphatic carbocycles. The van der Waals surface area contributed by atoms with Crippen LogP contribution >= 0.6 is 25.0 Å². The first kappa shape index (κ1) is 10.6. The van der Waals surface area contributed by atoms with Crippen molar-refractivity contribution in [2.45, 2.75) is 17.7 Å². The van der Waals surface area contributed by atoms with Crippen molar-refractivity contribution in [3.05, 3.63) is 0 Å². The van der Waals surface area contributed by atoms with E-state index < -0.39 is 0 Å². The normalized spacial score (nSPS) is 33.9. The SMILES string of the molecule is CN1C[C@@H](S)C[C@H]1CO.Cl. The van der Waals surface area contributed by atoms with Crippen LogP contribution in [0.5, 0.6) is 0 Å². The Hall–Kier alpha value is 0.560. The molecule has 62 valence electrons. The molecule has 2 nitrogen and oxygen atoms in total. The third-order valence-corrected chi connectivity index (χ3v) is 2.25. The van der Waals surface area contributed by atoms with E-state index in [1.807, 2.05) is 7.05 Å². The Labute approximate surface area is 73.4 Å². The lowest BCUT2D eigenvalue weighted by atomic mass is 10.2. The monoisotopic (exact) mass is 183 g/mol. The molecule has 0 unspecified atom stereocenters. The van der Waals surface area contributed by atoms with Crippen LogP contribution in [0, 0.1) is 0 Å². The molecular formula is C6H14ClNOS. The maximum atomic E-state index is 8.78. The molecule has 1 heterocycles. The van der Waals surface area contributed by atoms with Crippen LogP contribution in [0.15, 0.2) is 0 Å². The Bertz CT molecular complexity index is 104. The van der Waals surface area contributed by atoms with E-state index in [0.717, 1.165) is 13.0 Å². The largest absolute Gasteiger partial charge is 0.395 e. The van der Waals surface area contributed by atoms with Gasteiger partial charge in [0.1, 0.15) is 0 Å². The molecule has 1 N–H and O–H groups in total. The Kier molecular flexibility index (Phi) is 4.69. The van der Waals surface area contributed by atoms with E-state index in [9.17, 15) is 0 Å². The topological polar surface area (TPSA) is 23.5 Å². The molecule has 1 saturated heterocycles. The van der Waals surface area contributed by atoms with Crippen LogP contribution in [0.2, 0.25) is 0 Å². The zero-order chi connectivity index (χ0) is 6.85. The summed E-state index contributed by atoms with van der Waals surface area (Å²) in [6.07, 6.45) is 1.02. The molecule has 1 fully saturated rings. The van der Waals surface area contributed by atoms with E-state index in [4.69, 9.17) is 5.11 Å². The second kappa shape index (κ2) is 4.44. The zero-order valence-corrected chi connectivity index (χ0v) is 7.74. The highest BCUT2D eigenvalue weighted by molar-refractivity contribution is 7.81. The van der Waals surface area contributed by atoms with Gasteiger partial charge in [-0.25, -0.2) is 0 Å². The van der Waals surface area contributed by atoms with Crippen LogP contribution in [0.25, 0.3) is 0 Å². The smallest absolute Gasteiger partial charge is 0.0587 e. The molecule has 1 rings (SSSR count). The van der Waals surface area contributed by atoms with Gasteiger partial charge < -0.3 is 10.0 Å². The Morgan fingerprint density at radius 3 is 2.50 bits per heavy atom. The third kappa shape index (κ3) is 2.31. The van der Waals surface area contributed by atoms with Gasteiger partial charge >= 0.3 is 0 Å². The van der Waals surface area contributed by atoms with E-state index in [0.29, 0.717) is 11.3 Å². The molecule has 4 heteroatoms. The van der Waals surface area contributed by atoms with Crippen LogP contribution in [0.4, 0.5) is 0 Å². The van der Waals surface area contributed by atoms with Crippen LogP contribution in [0.3, 0.4) is 0 Å². The van der Waals surface area contributed by atoms with Gasteiger partial charge in [-0.05, 0) is 13.5 Å². The highest BCUT2D eigenvalue weighted by Crippen LogP contribution is 2.18. The summed E-state index contributed by atoms with van der Waals surface area (Å²) in [5, 5.41) is 9.24. The third-order valence-electron chi connectivity index (χ3n) is 1.88. The van der Waals surface area contributed by atoms with Crippen molar-refractivity contribution in [1.82, 2.24) is 4.90 Å². The maximum Gasteiger partial charge on any atom is 0.0587 e. The summed E-state index contributed by atoms with van der Waals surface area (Å²) in [6, 6.07) is 0.354. The minimum absolute atomic E-state index is 0. The molecule has 2 atom stereocenters. The predicted octanol–water partition coefficient (Wildman–Crippen LogP) is 0.403. The minimum Gasteiger partial charge on any atom is -0.395 e. The van der Waals surface area contributed by atoms with E-state index in [2.05, 4.69) is 17.5 Å². The fourth-order valence-electron chi connectivity index (χ4n) is 1.26. The quantitative estimate of drug-likeness (QED) is 0.576. The summed E-state index contributed by atoms with van der Waals surface area (Å²) < 4.78 is 0. The van der Waals surface area contributed by atoms with Crippen molar-refractivity contribution in [3.63, 3.8) is 0 Å². The fraction of sp³-hybridized carbons (Fsp3) is 1.00. The molecule has 1 aliphatic rings. The Morgan fingerprint density at radius 2 is 2.30 bits per heavy atom. The summed E-state index contributed by atoms with van der Waals surface area (Å²) in [5.74, 6) is 0. The number of rotatable bonds is 1. The number of halogens is 1. The summed E-state index contributed by atoms with van der Waals surface area (Å²) in [6.45, 7) is 1.28. The molecule has 0 saturated carbocycles. The lowest BCUT2D eigenvalue weighted by molar-refractivity contribution is 0.182. The summed E-state index contributed by atoms with van der Waals surface area (Å²) in [5.41, 5.74) is 0. The van der Waals surface area contributed by atoms with Crippen molar-refractivity contribution in [1.29, 1.82) is 0 Å². The second-order valence-electron chi connectivity index (χ2n) is 2.67. The molecular weight excluding hydrogens is 170 g/mol. The average Bonchev–Trinajstić information content (AvgIpc) is 2.10. The minimum atomic E-state index is 0. The number of likely N-dealkylation sites (N-methyl/N-ethyl adjacent to an activating group) is 1. The van der Waals surface area contributed by atoms with Gasteiger partial charge in [0.25, 0.3) is 0 Å². The lowest BCUT2D eigenvalue weighted by Crippen LogP contribution is -2.27. The fourth-order valence-corrected chi connectivity index (χ4v) is 1.76. The number of hydrogen-bond acceptors (Lipinski definition) is 3. The maximum absolute atomic E-state index is 8.78. The van der Waals surface area contributed by atoms with Gasteiger partial charge in [-0.3, -0.25) is 0 Å². The van der Waals surface area contributed by atoms with Gasteiger partial charge in [0.2, 0.25) is 0 Å². The lowest BCUT2D eigenvalue weighted by Gasteiger charge is -2.15. The van der Waals surface area contributed by atoms with Gasteiger partial charge in [-0.2, -0.15) is 12.6 Å². The van der Waals surface area contributed by atoms with Gasteiger partial charge in [-0.15, -0.1) is 12.4 Å². The van der Waals surface area contributed by atoms with E-state index >= 15 is 0 Å². The molecule has 0 spiro atoms. The molecule has 0 aromatic heterocycles. The summed E-state index contributed by atoms with van der Waals surface area (Å²) >= 11 is 4.31. The number of aliphatic hydroxyl groups excluding tert-OH is 1. The molecule has 0 radical (unpaired) electrons. The number of hydrogen-bond donors (Lipinski definition) is 2. The van der Waals surface area contributed by atoms with Gasteiger partial charge in [-0.1, -0.05) is 0 Å². The van der Waals surface area contributed by atoms with Gasteiger partial charge in [0.05, 0.1) is 6.61 Å². The predicted molar refractivity (Wildman–Crippen MR) is 48.1 cm³/mol. The number of thiol groups is 1. The molecule has 0 amide bonds. The van der Waals surface area contributed by atoms with E-state index in [-0.39, 0.29) is 19.0 Å². The molecule has 10 heavy (non-hydrogen) atoms. The van der Waals surface area contributed by atoms with Crippen LogP contribution in [-0.2, 0) is 0 Å². The van der Waals surface area contributed by atoms with Crippen molar-refractivity contribution in [2.75, 3.05) is 20.2 Å². The van der Waals surface area contributed by atoms with E-state index in [1.165, 1.54) is 0 Å². The molecule has 0 aromatic rings. The zero-order valence-electron chi connectivity index (χ0n) is 6.03. The van der Waals surface area contributed by atoms with E-state index in [1.54, 1.807) is 0 Å². The number of aliphatic hydroxyl groups is 1. The van der Waals surface area contributed by atoms with Crippen molar-refractivity contribution in [2.24, 2.45) is 0 Å². The highest BCUT2D eigenvalue weighted by atomic mass is 35.5. The van der Waals surface area contributed by atoms with Crippen LogP contribution in [0.1, 0.15) is 6.42 Å². The summed E-state index contributed by atoms with van der Waals surface area (Å²) in [7, 11) is 2.02. The first-order chi connectivity index (χ1) is 4.24. The highest BCUT2D eigenvalue weighted by Gasteiger charge is 2.25. The number of nitrogens with zero attached hydrogens (tertiary/aromatic N) is 1. The molecule has 0 aromatic carbocycles. The molecule has 1 aliphatic heterocycles. The van der Waals surface area contributed by atoms with Crippen molar-refractivity contribution >= 4 is 25.0 Å². The van der Waals surface area contributed by atoms with Crippen LogP contribution in [-0.4, -0.2) is 41.5 Å². The van der Waals surface area contributed by atoms with Crippen molar-refractivity contribution < 1.29 is 5.11 Å². The van der Waals surface area contributed by atoms with Gasteiger partial charge in [0.15, 0.2) is 0 Å². The summed E-state index contributed by atoms with van der Waals surface area (Å²) in [4.78, 5) is 2.15. The number of likely N-dealkylation sites (tertiary alicyclic amines) is 1. The van der Waals surface area contributed by atoms with Crippen molar-refractivity contribution in [3.8, 4) is 0 Å². The van der Waals surface area contributed by atoms with Crippen LogP contribution < -0.4 is 0 Å².